The number of halogens is 3. The van der Waals surface area contributed by atoms with Crippen molar-refractivity contribution < 1.29 is 17.9 Å². The van der Waals surface area contributed by atoms with Crippen molar-refractivity contribution in [3.8, 4) is 0 Å². The first-order chi connectivity index (χ1) is 5.51. The summed E-state index contributed by atoms with van der Waals surface area (Å²) in [4.78, 5) is 1.33. The van der Waals surface area contributed by atoms with E-state index in [0.29, 0.717) is 19.7 Å². The molecule has 1 aliphatic heterocycles. The topological polar surface area (TPSA) is 12.5 Å². The molecule has 5 heteroatoms. The van der Waals surface area contributed by atoms with Crippen molar-refractivity contribution in [2.24, 2.45) is 0 Å². The van der Waals surface area contributed by atoms with Gasteiger partial charge in [0.2, 0.25) is 0 Å². The number of rotatable bonds is 3. The fourth-order valence-corrected chi connectivity index (χ4v) is 1.25. The minimum atomic E-state index is -4.07. The second kappa shape index (κ2) is 3.62. The average Bonchev–Trinajstić information content (AvgIpc) is 1.80. The Morgan fingerprint density at radius 3 is 2.42 bits per heavy atom. The van der Waals surface area contributed by atoms with Gasteiger partial charge in [-0.2, -0.15) is 13.2 Å². The first kappa shape index (κ1) is 9.80. The lowest BCUT2D eigenvalue weighted by atomic mass is 10.2. The van der Waals surface area contributed by atoms with Gasteiger partial charge in [-0.25, -0.2) is 0 Å². The highest BCUT2D eigenvalue weighted by Gasteiger charge is 2.37. The van der Waals surface area contributed by atoms with Crippen molar-refractivity contribution >= 4 is 0 Å². The molecule has 1 aliphatic rings. The molecule has 0 bridgehead atoms. The Morgan fingerprint density at radius 1 is 1.42 bits per heavy atom. The van der Waals surface area contributed by atoms with E-state index in [0.717, 1.165) is 0 Å². The normalized spacial score (nSPS) is 21.0. The minimum absolute atomic E-state index is 0.0114. The van der Waals surface area contributed by atoms with Crippen LogP contribution in [0.2, 0.25) is 0 Å². The molecule has 1 saturated heterocycles. The van der Waals surface area contributed by atoms with Gasteiger partial charge in [0.1, 0.15) is 0 Å². The summed E-state index contributed by atoms with van der Waals surface area (Å²) in [5, 5.41) is 0. The van der Waals surface area contributed by atoms with Crippen molar-refractivity contribution in [2.45, 2.75) is 19.2 Å². The van der Waals surface area contributed by atoms with Crippen LogP contribution in [0.25, 0.3) is 0 Å². The van der Waals surface area contributed by atoms with E-state index in [1.807, 2.05) is 6.92 Å². The van der Waals surface area contributed by atoms with E-state index in [1.165, 1.54) is 4.90 Å². The summed E-state index contributed by atoms with van der Waals surface area (Å²) in [5.41, 5.74) is 0. The zero-order chi connectivity index (χ0) is 9.19. The third-order valence-corrected chi connectivity index (χ3v) is 1.73. The molecule has 0 spiro atoms. The molecule has 1 heterocycles. The third-order valence-electron chi connectivity index (χ3n) is 1.73. The van der Waals surface area contributed by atoms with Gasteiger partial charge >= 0.3 is 6.18 Å². The Hall–Kier alpha value is -0.290. The maximum absolute atomic E-state index is 11.8. The Kier molecular flexibility index (Phi) is 2.95. The highest BCUT2D eigenvalue weighted by Crippen LogP contribution is 2.21. The Balaban J connectivity index is 2.10. The van der Waals surface area contributed by atoms with E-state index < -0.39 is 12.7 Å². The predicted octanol–water partition coefficient (Wildman–Crippen LogP) is 1.27. The quantitative estimate of drug-likeness (QED) is 0.653. The van der Waals surface area contributed by atoms with Crippen LogP contribution in [-0.4, -0.2) is 43.4 Å². The summed E-state index contributed by atoms with van der Waals surface area (Å²) in [5.74, 6) is 0. The molecule has 1 rings (SSSR count). The van der Waals surface area contributed by atoms with E-state index in [1.54, 1.807) is 0 Å². The van der Waals surface area contributed by atoms with Crippen LogP contribution in [-0.2, 0) is 4.74 Å². The molecule has 0 aromatic carbocycles. The standard InChI is InChI=1S/C7H12F3NO/c1-2-12-6-3-11(4-6)5-7(8,9)10/h6H,2-5H2,1H3. The van der Waals surface area contributed by atoms with Crippen molar-refractivity contribution in [1.29, 1.82) is 0 Å². The van der Waals surface area contributed by atoms with Gasteiger partial charge in [0.05, 0.1) is 12.6 Å². The van der Waals surface area contributed by atoms with E-state index in [-0.39, 0.29) is 6.10 Å². The van der Waals surface area contributed by atoms with Gasteiger partial charge in [0.25, 0.3) is 0 Å². The van der Waals surface area contributed by atoms with Gasteiger partial charge < -0.3 is 4.74 Å². The summed E-state index contributed by atoms with van der Waals surface area (Å²) >= 11 is 0. The lowest BCUT2D eigenvalue weighted by molar-refractivity contribution is -0.169. The van der Waals surface area contributed by atoms with E-state index in [2.05, 4.69) is 0 Å². The van der Waals surface area contributed by atoms with Gasteiger partial charge in [-0.1, -0.05) is 0 Å². The molecule has 0 atom stereocenters. The van der Waals surface area contributed by atoms with E-state index in [9.17, 15) is 13.2 Å². The molecule has 72 valence electrons. The van der Waals surface area contributed by atoms with Crippen LogP contribution >= 0.6 is 0 Å². The smallest absolute Gasteiger partial charge is 0.376 e. The Labute approximate surface area is 69.3 Å². The lowest BCUT2D eigenvalue weighted by Gasteiger charge is -2.38. The highest BCUT2D eigenvalue weighted by molar-refractivity contribution is 4.81. The second-order valence-corrected chi connectivity index (χ2v) is 2.89. The largest absolute Gasteiger partial charge is 0.401 e. The summed E-state index contributed by atoms with van der Waals surface area (Å²) in [7, 11) is 0. The zero-order valence-corrected chi connectivity index (χ0v) is 6.90. The van der Waals surface area contributed by atoms with Crippen molar-refractivity contribution in [3.05, 3.63) is 0 Å². The van der Waals surface area contributed by atoms with Crippen molar-refractivity contribution in [2.75, 3.05) is 26.2 Å². The second-order valence-electron chi connectivity index (χ2n) is 2.89. The number of hydrogen-bond donors (Lipinski definition) is 0. The molecule has 0 N–H and O–H groups in total. The van der Waals surface area contributed by atoms with Gasteiger partial charge in [0.15, 0.2) is 0 Å². The molecule has 0 amide bonds. The van der Waals surface area contributed by atoms with Crippen molar-refractivity contribution in [1.82, 2.24) is 4.90 Å². The molecule has 0 aromatic heterocycles. The van der Waals surface area contributed by atoms with Crippen molar-refractivity contribution in [3.63, 3.8) is 0 Å². The molecule has 0 unspecified atom stereocenters. The fraction of sp³-hybridized carbons (Fsp3) is 1.00. The van der Waals surface area contributed by atoms with Crippen LogP contribution in [0.1, 0.15) is 6.92 Å². The van der Waals surface area contributed by atoms with E-state index >= 15 is 0 Å². The van der Waals surface area contributed by atoms with Gasteiger partial charge in [-0.15, -0.1) is 0 Å². The number of ether oxygens (including phenoxy) is 1. The van der Waals surface area contributed by atoms with Crippen LogP contribution in [0.3, 0.4) is 0 Å². The van der Waals surface area contributed by atoms with Crippen LogP contribution in [0.15, 0.2) is 0 Å². The summed E-state index contributed by atoms with van der Waals surface area (Å²) in [6.07, 6.45) is -4.06. The fourth-order valence-electron chi connectivity index (χ4n) is 1.25. The maximum atomic E-state index is 11.8. The zero-order valence-electron chi connectivity index (χ0n) is 6.90. The highest BCUT2D eigenvalue weighted by atomic mass is 19.4. The molecule has 0 radical (unpaired) electrons. The third kappa shape index (κ3) is 2.98. The van der Waals surface area contributed by atoms with Gasteiger partial charge in [-0.05, 0) is 6.92 Å². The van der Waals surface area contributed by atoms with Gasteiger partial charge in [0, 0.05) is 19.7 Å². The summed E-state index contributed by atoms with van der Waals surface area (Å²) in [6.45, 7) is 2.42. The number of likely N-dealkylation sites (tertiary alicyclic amines) is 1. The molecule has 12 heavy (non-hydrogen) atoms. The average molecular weight is 183 g/mol. The van der Waals surface area contributed by atoms with Gasteiger partial charge in [-0.3, -0.25) is 4.90 Å². The lowest BCUT2D eigenvalue weighted by Crippen LogP contribution is -2.54. The summed E-state index contributed by atoms with van der Waals surface area (Å²) in [6, 6.07) is 0. The number of alkyl halides is 3. The van der Waals surface area contributed by atoms with Crippen LogP contribution < -0.4 is 0 Å². The Bertz CT molecular complexity index is 142. The number of hydrogen-bond acceptors (Lipinski definition) is 2. The van der Waals surface area contributed by atoms with Crippen LogP contribution in [0.5, 0.6) is 0 Å². The molecule has 0 aromatic rings. The molecular weight excluding hydrogens is 171 g/mol. The molecular formula is C7H12F3NO. The maximum Gasteiger partial charge on any atom is 0.401 e. The first-order valence-corrected chi connectivity index (χ1v) is 3.92. The number of nitrogens with zero attached hydrogens (tertiary/aromatic N) is 1. The predicted molar refractivity (Wildman–Crippen MR) is 37.9 cm³/mol. The van der Waals surface area contributed by atoms with Crippen LogP contribution in [0, 0.1) is 0 Å². The Morgan fingerprint density at radius 2 is 2.00 bits per heavy atom. The molecule has 0 saturated carbocycles. The molecule has 0 aliphatic carbocycles. The summed E-state index contributed by atoms with van der Waals surface area (Å²) < 4.78 is 40.4. The SMILES string of the molecule is CCOC1CN(CC(F)(F)F)C1. The monoisotopic (exact) mass is 183 g/mol. The van der Waals surface area contributed by atoms with Crippen LogP contribution in [0.4, 0.5) is 13.2 Å². The molecule has 2 nitrogen and oxygen atoms in total. The van der Waals surface area contributed by atoms with E-state index in [4.69, 9.17) is 4.74 Å². The minimum Gasteiger partial charge on any atom is -0.376 e. The molecule has 1 fully saturated rings. The first-order valence-electron chi connectivity index (χ1n) is 3.92.